The summed E-state index contributed by atoms with van der Waals surface area (Å²) in [5.74, 6) is -0.624. The molecule has 2 fully saturated rings. The van der Waals surface area contributed by atoms with Crippen molar-refractivity contribution in [2.24, 2.45) is 16.7 Å². The summed E-state index contributed by atoms with van der Waals surface area (Å²) in [6, 6.07) is 0. The van der Waals surface area contributed by atoms with E-state index in [1.807, 2.05) is 13.8 Å². The first-order valence-electron chi connectivity index (χ1n) is 7.51. The Balaban J connectivity index is 2.37. The number of Topliss-reactive ketones (excluding diaryl/α,β-unsaturated/α-hetero) is 2. The largest absolute Gasteiger partial charge is 0.469 e. The van der Waals surface area contributed by atoms with Gasteiger partial charge < -0.3 is 4.74 Å². The van der Waals surface area contributed by atoms with Crippen LogP contribution in [0.4, 0.5) is 0 Å². The molecule has 1 spiro atoms. The highest BCUT2D eigenvalue weighted by molar-refractivity contribution is 6.10. The van der Waals surface area contributed by atoms with E-state index >= 15 is 0 Å². The van der Waals surface area contributed by atoms with Gasteiger partial charge in [-0.05, 0) is 30.6 Å². The van der Waals surface area contributed by atoms with E-state index in [9.17, 15) is 14.4 Å². The maximum absolute atomic E-state index is 12.8. The Hall–Kier alpha value is -1.45. The lowest BCUT2D eigenvalue weighted by molar-refractivity contribution is -0.156. The van der Waals surface area contributed by atoms with Crippen LogP contribution in [0.15, 0.2) is 12.2 Å². The van der Waals surface area contributed by atoms with Crippen molar-refractivity contribution in [1.82, 2.24) is 0 Å². The first-order chi connectivity index (χ1) is 9.71. The summed E-state index contributed by atoms with van der Waals surface area (Å²) in [6.07, 6.45) is 2.76. The minimum Gasteiger partial charge on any atom is -0.469 e. The molecule has 2 aliphatic carbocycles. The van der Waals surface area contributed by atoms with E-state index in [-0.39, 0.29) is 35.3 Å². The monoisotopic (exact) mass is 292 g/mol. The Bertz CT molecular complexity index is 481. The molecule has 0 radical (unpaired) electrons. The second-order valence-electron chi connectivity index (χ2n) is 7.28. The van der Waals surface area contributed by atoms with Crippen LogP contribution in [0.1, 0.15) is 52.4 Å². The van der Waals surface area contributed by atoms with Crippen molar-refractivity contribution in [1.29, 1.82) is 0 Å². The molecular weight excluding hydrogens is 268 g/mol. The minimum absolute atomic E-state index is 0.0153. The summed E-state index contributed by atoms with van der Waals surface area (Å²) < 4.78 is 4.74. The molecule has 0 aromatic carbocycles. The van der Waals surface area contributed by atoms with Crippen LogP contribution in [0.5, 0.6) is 0 Å². The van der Waals surface area contributed by atoms with Gasteiger partial charge in [-0.25, -0.2) is 0 Å². The minimum atomic E-state index is -1.03. The normalized spacial score (nSPS) is 27.8. The van der Waals surface area contributed by atoms with Crippen LogP contribution in [-0.4, -0.2) is 24.6 Å². The van der Waals surface area contributed by atoms with Crippen LogP contribution in [0.25, 0.3) is 0 Å². The zero-order valence-corrected chi connectivity index (χ0v) is 13.2. The molecule has 0 heterocycles. The number of hydrogen-bond acceptors (Lipinski definition) is 4. The molecule has 0 aliphatic heterocycles. The molecule has 4 nitrogen and oxygen atoms in total. The Kier molecular flexibility index (Phi) is 4.09. The van der Waals surface area contributed by atoms with Gasteiger partial charge in [-0.3, -0.25) is 14.4 Å². The molecule has 0 bridgehead atoms. The van der Waals surface area contributed by atoms with Gasteiger partial charge in [0.05, 0.1) is 12.5 Å². The van der Waals surface area contributed by atoms with Crippen molar-refractivity contribution in [2.75, 3.05) is 7.11 Å². The van der Waals surface area contributed by atoms with Gasteiger partial charge in [-0.2, -0.15) is 0 Å². The van der Waals surface area contributed by atoms with Gasteiger partial charge in [-0.15, -0.1) is 0 Å². The lowest BCUT2D eigenvalue weighted by atomic mass is 9.53. The maximum atomic E-state index is 12.8. The van der Waals surface area contributed by atoms with E-state index in [1.165, 1.54) is 7.11 Å². The molecule has 116 valence electrons. The quantitative estimate of drug-likeness (QED) is 0.446. The first kappa shape index (κ1) is 15.9. The highest BCUT2D eigenvalue weighted by Gasteiger charge is 2.57. The predicted molar refractivity (Wildman–Crippen MR) is 78.6 cm³/mol. The Morgan fingerprint density at radius 3 is 2.33 bits per heavy atom. The molecule has 1 atom stereocenters. The number of carbonyl (C=O) groups excluding carboxylic acids is 3. The molecular formula is C17H24O4. The van der Waals surface area contributed by atoms with Crippen molar-refractivity contribution in [3.8, 4) is 0 Å². The average Bonchev–Trinajstić information content (AvgIpc) is 2.37. The molecule has 2 saturated carbocycles. The molecule has 21 heavy (non-hydrogen) atoms. The van der Waals surface area contributed by atoms with Crippen LogP contribution in [0, 0.1) is 16.7 Å². The fraction of sp³-hybridized carbons (Fsp3) is 0.706. The SMILES string of the molecule is C=C1CCC(CC(=O)OC)C2(C1)C(=O)CC(C)(C)CC2=O. The number of methoxy groups -OCH3 is 1. The van der Waals surface area contributed by atoms with Gasteiger partial charge in [0.15, 0.2) is 0 Å². The summed E-state index contributed by atoms with van der Waals surface area (Å²) >= 11 is 0. The standard InChI is InChI=1S/C17H24O4/c1-11-5-6-12(7-15(20)21-4)17(8-11)13(18)9-16(2,3)10-14(17)19/h12H,1,5-10H2,2-4H3. The fourth-order valence-corrected chi connectivity index (χ4v) is 3.87. The number of ketones is 2. The lowest BCUT2D eigenvalue weighted by Gasteiger charge is -2.47. The zero-order valence-electron chi connectivity index (χ0n) is 13.2. The zero-order chi connectivity index (χ0) is 15.8. The smallest absolute Gasteiger partial charge is 0.305 e. The van der Waals surface area contributed by atoms with Gasteiger partial charge in [-0.1, -0.05) is 26.0 Å². The van der Waals surface area contributed by atoms with Gasteiger partial charge in [0.2, 0.25) is 0 Å². The summed E-state index contributed by atoms with van der Waals surface area (Å²) in [7, 11) is 1.34. The second kappa shape index (κ2) is 5.39. The van der Waals surface area contributed by atoms with E-state index in [2.05, 4.69) is 6.58 Å². The van der Waals surface area contributed by atoms with Gasteiger partial charge in [0.1, 0.15) is 11.6 Å². The first-order valence-corrected chi connectivity index (χ1v) is 7.51. The van der Waals surface area contributed by atoms with Crippen molar-refractivity contribution in [2.45, 2.75) is 52.4 Å². The molecule has 0 N–H and O–H groups in total. The molecule has 2 aliphatic rings. The summed E-state index contributed by atoms with van der Waals surface area (Å²) in [5, 5.41) is 0. The molecule has 0 amide bonds. The number of ether oxygens (including phenoxy) is 1. The van der Waals surface area contributed by atoms with E-state index in [0.29, 0.717) is 25.7 Å². The van der Waals surface area contributed by atoms with Gasteiger partial charge in [0, 0.05) is 19.3 Å². The number of hydrogen-bond donors (Lipinski definition) is 0. The third-order valence-electron chi connectivity index (χ3n) is 4.99. The maximum Gasteiger partial charge on any atom is 0.305 e. The Labute approximate surface area is 125 Å². The van der Waals surface area contributed by atoms with Gasteiger partial charge >= 0.3 is 5.97 Å². The second-order valence-corrected chi connectivity index (χ2v) is 7.28. The highest BCUT2D eigenvalue weighted by atomic mass is 16.5. The van der Waals surface area contributed by atoms with Gasteiger partial charge in [0.25, 0.3) is 0 Å². The molecule has 0 aromatic heterocycles. The summed E-state index contributed by atoms with van der Waals surface area (Å²) in [4.78, 5) is 37.3. The highest BCUT2D eigenvalue weighted by Crippen LogP contribution is 2.53. The Morgan fingerprint density at radius 1 is 1.24 bits per heavy atom. The fourth-order valence-electron chi connectivity index (χ4n) is 3.87. The number of rotatable bonds is 2. The predicted octanol–water partition coefficient (Wildman–Crippen LogP) is 2.85. The van der Waals surface area contributed by atoms with E-state index in [4.69, 9.17) is 4.74 Å². The molecule has 0 saturated heterocycles. The topological polar surface area (TPSA) is 60.4 Å². The van der Waals surface area contributed by atoms with Crippen LogP contribution in [0.3, 0.4) is 0 Å². The number of allylic oxidation sites excluding steroid dienone is 1. The molecule has 4 heteroatoms. The number of esters is 1. The third kappa shape index (κ3) is 2.81. The van der Waals surface area contributed by atoms with E-state index in [1.54, 1.807) is 0 Å². The van der Waals surface area contributed by atoms with Crippen molar-refractivity contribution in [3.05, 3.63) is 12.2 Å². The summed E-state index contributed by atoms with van der Waals surface area (Å²) in [6.45, 7) is 7.88. The summed E-state index contributed by atoms with van der Waals surface area (Å²) in [5.41, 5.74) is -0.370. The average molecular weight is 292 g/mol. The number of carbonyl (C=O) groups is 3. The van der Waals surface area contributed by atoms with Crippen LogP contribution >= 0.6 is 0 Å². The van der Waals surface area contributed by atoms with Crippen LogP contribution < -0.4 is 0 Å². The van der Waals surface area contributed by atoms with E-state index in [0.717, 1.165) is 12.0 Å². The van der Waals surface area contributed by atoms with Crippen LogP contribution in [-0.2, 0) is 19.1 Å². The lowest BCUT2D eigenvalue weighted by Crippen LogP contribution is -2.54. The van der Waals surface area contributed by atoms with Crippen LogP contribution in [0.2, 0.25) is 0 Å². The van der Waals surface area contributed by atoms with E-state index < -0.39 is 5.41 Å². The third-order valence-corrected chi connectivity index (χ3v) is 4.99. The molecule has 0 aromatic rings. The van der Waals surface area contributed by atoms with Crippen molar-refractivity contribution < 1.29 is 19.1 Å². The molecule has 1 unspecified atom stereocenters. The van der Waals surface area contributed by atoms with Crippen molar-refractivity contribution >= 4 is 17.5 Å². The van der Waals surface area contributed by atoms with Crippen molar-refractivity contribution in [3.63, 3.8) is 0 Å². The molecule has 2 rings (SSSR count). The Morgan fingerprint density at radius 2 is 1.81 bits per heavy atom.